The molecular weight excluding hydrogens is 260 g/mol. The van der Waals surface area contributed by atoms with Gasteiger partial charge in [0.1, 0.15) is 6.07 Å². The van der Waals surface area contributed by atoms with Gasteiger partial charge in [-0.3, -0.25) is 0 Å². The van der Waals surface area contributed by atoms with Crippen molar-refractivity contribution in [2.75, 3.05) is 5.73 Å². The summed E-state index contributed by atoms with van der Waals surface area (Å²) < 4.78 is 0. The summed E-state index contributed by atoms with van der Waals surface area (Å²) in [7, 11) is 0. The maximum Gasteiger partial charge on any atom is 0.171 e. The molecule has 0 unspecified atom stereocenters. The Hall–Kier alpha value is -2.57. The van der Waals surface area contributed by atoms with Crippen LogP contribution >= 0.6 is 11.8 Å². The number of nitrogens with zero attached hydrogens (tertiary/aromatic N) is 2. The number of rotatable bonds is 1. The van der Waals surface area contributed by atoms with Gasteiger partial charge in [0.05, 0.1) is 28.2 Å². The molecule has 1 aliphatic rings. The Morgan fingerprint density at radius 3 is 2.16 bits per heavy atom. The van der Waals surface area contributed by atoms with Crippen LogP contribution in [-0.2, 0) is 0 Å². The van der Waals surface area contributed by atoms with Gasteiger partial charge >= 0.3 is 0 Å². The van der Waals surface area contributed by atoms with Crippen LogP contribution in [0.1, 0.15) is 11.5 Å². The van der Waals surface area contributed by atoms with Crippen LogP contribution in [-0.4, -0.2) is 5.11 Å². The molecule has 1 atom stereocenters. The number of benzene rings is 1. The summed E-state index contributed by atoms with van der Waals surface area (Å²) >= 11 is 0.831. The standard InChI is InChI=1S/C13H10N4OS/c14-5-9-11(7-1-3-8(16)4-2-7)10(6-15)13(18)19-12(9)17/h1-4,11,18H,16-17H2/t11-/m0/s1. The number of thioether (sulfide) groups is 1. The van der Waals surface area contributed by atoms with Crippen LogP contribution in [0, 0.1) is 22.7 Å². The SMILES string of the molecule is N#CC1=C(N)SC(O)=C(C#N)[C@H]1c1ccc(N)cc1. The molecule has 0 aromatic heterocycles. The van der Waals surface area contributed by atoms with Crippen molar-refractivity contribution in [1.82, 2.24) is 0 Å². The topological polar surface area (TPSA) is 120 Å². The number of aliphatic hydroxyl groups excluding tert-OH is 1. The van der Waals surface area contributed by atoms with Gasteiger partial charge in [0.15, 0.2) is 5.09 Å². The smallest absolute Gasteiger partial charge is 0.171 e. The quantitative estimate of drug-likeness (QED) is 0.672. The third kappa shape index (κ3) is 2.22. The van der Waals surface area contributed by atoms with Gasteiger partial charge in [0.2, 0.25) is 0 Å². The molecule has 2 rings (SSSR count). The van der Waals surface area contributed by atoms with Crippen molar-refractivity contribution in [3.8, 4) is 12.1 Å². The molecule has 0 aliphatic carbocycles. The highest BCUT2D eigenvalue weighted by Gasteiger charge is 2.31. The molecule has 0 fully saturated rings. The van der Waals surface area contributed by atoms with E-state index in [2.05, 4.69) is 0 Å². The van der Waals surface area contributed by atoms with Crippen molar-refractivity contribution in [2.45, 2.75) is 5.92 Å². The lowest BCUT2D eigenvalue weighted by molar-refractivity contribution is 0.448. The lowest BCUT2D eigenvalue weighted by Gasteiger charge is -2.22. The Bertz CT molecular complexity index is 625. The second kappa shape index (κ2) is 4.97. The first-order valence-corrected chi connectivity index (χ1v) is 6.16. The van der Waals surface area contributed by atoms with E-state index in [9.17, 15) is 10.4 Å². The van der Waals surface area contributed by atoms with Crippen molar-refractivity contribution in [2.24, 2.45) is 5.73 Å². The van der Waals surface area contributed by atoms with Crippen LogP contribution in [0.5, 0.6) is 0 Å². The number of anilines is 1. The summed E-state index contributed by atoms with van der Waals surface area (Å²) in [6, 6.07) is 10.7. The average Bonchev–Trinajstić information content (AvgIpc) is 2.39. The van der Waals surface area contributed by atoms with Gasteiger partial charge in [0, 0.05) is 5.69 Å². The van der Waals surface area contributed by atoms with E-state index in [1.54, 1.807) is 24.3 Å². The summed E-state index contributed by atoms with van der Waals surface area (Å²) in [5.41, 5.74) is 13.0. The molecule has 0 spiro atoms. The number of aliphatic hydroxyl groups is 1. The van der Waals surface area contributed by atoms with Gasteiger partial charge in [0.25, 0.3) is 0 Å². The van der Waals surface area contributed by atoms with Crippen molar-refractivity contribution in [3.63, 3.8) is 0 Å². The molecule has 19 heavy (non-hydrogen) atoms. The van der Waals surface area contributed by atoms with E-state index in [0.29, 0.717) is 11.3 Å². The van der Waals surface area contributed by atoms with Crippen LogP contribution in [0.15, 0.2) is 45.5 Å². The highest BCUT2D eigenvalue weighted by atomic mass is 32.2. The third-order valence-corrected chi connectivity index (χ3v) is 3.64. The lowest BCUT2D eigenvalue weighted by Crippen LogP contribution is -2.15. The second-order valence-electron chi connectivity index (χ2n) is 3.92. The number of hydrogen-bond acceptors (Lipinski definition) is 6. The van der Waals surface area contributed by atoms with Gasteiger partial charge in [-0.25, -0.2) is 0 Å². The van der Waals surface area contributed by atoms with Crippen LogP contribution in [0.3, 0.4) is 0 Å². The molecule has 1 aliphatic heterocycles. The van der Waals surface area contributed by atoms with E-state index in [1.807, 2.05) is 12.1 Å². The maximum absolute atomic E-state index is 9.81. The zero-order valence-electron chi connectivity index (χ0n) is 9.79. The molecule has 0 saturated heterocycles. The van der Waals surface area contributed by atoms with Crippen molar-refractivity contribution < 1.29 is 5.11 Å². The molecule has 5 nitrogen and oxygen atoms in total. The summed E-state index contributed by atoms with van der Waals surface area (Å²) in [5.74, 6) is -0.642. The Labute approximate surface area is 114 Å². The number of nitriles is 2. The molecule has 5 N–H and O–H groups in total. The molecule has 1 aromatic carbocycles. The van der Waals surface area contributed by atoms with Gasteiger partial charge < -0.3 is 16.6 Å². The number of hydrogen-bond donors (Lipinski definition) is 3. The summed E-state index contributed by atoms with van der Waals surface area (Å²) in [6.07, 6.45) is 0. The van der Waals surface area contributed by atoms with Gasteiger partial charge in [-0.05, 0) is 29.5 Å². The first-order valence-electron chi connectivity index (χ1n) is 5.34. The maximum atomic E-state index is 9.81. The van der Waals surface area contributed by atoms with Crippen LogP contribution in [0.2, 0.25) is 0 Å². The van der Waals surface area contributed by atoms with E-state index in [4.69, 9.17) is 16.7 Å². The zero-order valence-corrected chi connectivity index (χ0v) is 10.6. The first-order chi connectivity index (χ1) is 9.08. The molecule has 1 aromatic rings. The minimum Gasteiger partial charge on any atom is -0.501 e. The summed E-state index contributed by atoms with van der Waals surface area (Å²) in [6.45, 7) is 0. The van der Waals surface area contributed by atoms with Crippen molar-refractivity contribution in [3.05, 3.63) is 51.1 Å². The first kappa shape index (κ1) is 12.9. The second-order valence-corrected chi connectivity index (χ2v) is 4.95. The van der Waals surface area contributed by atoms with E-state index >= 15 is 0 Å². The number of nitrogen functional groups attached to an aromatic ring is 1. The molecular formula is C13H10N4OS. The molecule has 1 heterocycles. The van der Waals surface area contributed by atoms with Gasteiger partial charge in [-0.15, -0.1) is 0 Å². The minimum absolute atomic E-state index is 0.125. The normalized spacial score (nSPS) is 18.9. The lowest BCUT2D eigenvalue weighted by atomic mass is 9.86. The molecule has 0 saturated carbocycles. The van der Waals surface area contributed by atoms with Crippen molar-refractivity contribution in [1.29, 1.82) is 10.5 Å². The van der Waals surface area contributed by atoms with Crippen LogP contribution in [0.4, 0.5) is 5.69 Å². The van der Waals surface area contributed by atoms with Crippen molar-refractivity contribution >= 4 is 17.4 Å². The Morgan fingerprint density at radius 1 is 1.05 bits per heavy atom. The molecule has 6 heteroatoms. The largest absolute Gasteiger partial charge is 0.501 e. The fourth-order valence-corrected chi connectivity index (χ4v) is 2.63. The monoisotopic (exact) mass is 270 g/mol. The molecule has 94 valence electrons. The van der Waals surface area contributed by atoms with E-state index < -0.39 is 5.92 Å². The van der Waals surface area contributed by atoms with E-state index in [0.717, 1.165) is 11.8 Å². The Kier molecular flexibility index (Phi) is 3.37. The minimum atomic E-state index is -0.642. The molecule has 0 radical (unpaired) electrons. The predicted octanol–water partition coefficient (Wildman–Crippen LogP) is 2.09. The Morgan fingerprint density at radius 2 is 1.63 bits per heavy atom. The molecule has 0 bridgehead atoms. The number of allylic oxidation sites excluding steroid dienone is 2. The highest BCUT2D eigenvalue weighted by molar-refractivity contribution is 8.06. The average molecular weight is 270 g/mol. The fraction of sp³-hybridized carbons (Fsp3) is 0.0769. The Balaban J connectivity index is 2.61. The van der Waals surface area contributed by atoms with Gasteiger partial charge in [-0.1, -0.05) is 12.1 Å². The van der Waals surface area contributed by atoms with E-state index in [-0.39, 0.29) is 21.3 Å². The summed E-state index contributed by atoms with van der Waals surface area (Å²) in [5, 5.41) is 28.2. The van der Waals surface area contributed by atoms with Crippen LogP contribution in [0.25, 0.3) is 0 Å². The predicted molar refractivity (Wildman–Crippen MR) is 73.3 cm³/mol. The molecule has 0 amide bonds. The zero-order chi connectivity index (χ0) is 14.0. The van der Waals surface area contributed by atoms with Crippen LogP contribution < -0.4 is 11.5 Å². The summed E-state index contributed by atoms with van der Waals surface area (Å²) in [4.78, 5) is 0. The fourth-order valence-electron chi connectivity index (χ4n) is 1.88. The third-order valence-electron chi connectivity index (χ3n) is 2.79. The highest BCUT2D eigenvalue weighted by Crippen LogP contribution is 2.43. The van der Waals surface area contributed by atoms with E-state index in [1.165, 1.54) is 0 Å². The van der Waals surface area contributed by atoms with Gasteiger partial charge in [-0.2, -0.15) is 10.5 Å². The number of nitrogens with two attached hydrogens (primary N) is 2.